The monoisotopic (exact) mass is 1330 g/mol. The number of allylic oxidation sites excluding steroid dienone is 8. The normalized spacial score (nSPS) is 22.6. The molecule has 0 spiro atoms. The first-order valence-corrected chi connectivity index (χ1v) is 34.9. The number of phosphoric acid groups is 3. The molecule has 0 saturated carbocycles. The lowest BCUT2D eigenvalue weighted by Gasteiger charge is -2.43. The van der Waals surface area contributed by atoms with Crippen molar-refractivity contribution in [1.29, 1.82) is 0 Å². The summed E-state index contributed by atoms with van der Waals surface area (Å²) in [6.07, 6.45) is 7.16. The fraction of sp³-hybridized carbons (Fsp3) is 0.357. The molecular formula is C56H66N6O22P3S2+. The molecule has 4 aliphatic heterocycles. The van der Waals surface area contributed by atoms with Crippen LogP contribution in [0.4, 0.5) is 17.2 Å². The number of amides is 1. The number of nitrogens with zero attached hydrogens (tertiary/aromatic N) is 4. The van der Waals surface area contributed by atoms with E-state index in [0.29, 0.717) is 33.0 Å². The second-order valence-electron chi connectivity index (χ2n) is 21.7. The number of aliphatic hydroxyl groups is 2. The van der Waals surface area contributed by atoms with Gasteiger partial charge in [-0.3, -0.25) is 23.0 Å². The van der Waals surface area contributed by atoms with Crippen LogP contribution in [0, 0.1) is 11.8 Å². The van der Waals surface area contributed by atoms with E-state index in [9.17, 15) is 69.2 Å². The molecule has 11 N–H and O–H groups in total. The molecular weight excluding hydrogens is 1270 g/mol. The Labute approximate surface area is 512 Å². The maximum absolute atomic E-state index is 13.4. The van der Waals surface area contributed by atoms with Crippen molar-refractivity contribution < 1.29 is 101 Å². The van der Waals surface area contributed by atoms with Crippen molar-refractivity contribution in [3.63, 3.8) is 0 Å². The van der Waals surface area contributed by atoms with Crippen LogP contribution in [0.1, 0.15) is 94.3 Å². The van der Waals surface area contributed by atoms with Gasteiger partial charge in [-0.15, -0.1) is 0 Å². The lowest BCUT2D eigenvalue weighted by Crippen LogP contribution is -2.44. The summed E-state index contributed by atoms with van der Waals surface area (Å²) in [4.78, 5) is 68.7. The fourth-order valence-electron chi connectivity index (χ4n) is 11.0. The van der Waals surface area contributed by atoms with Gasteiger partial charge in [0.2, 0.25) is 11.6 Å². The second kappa shape index (κ2) is 26.7. The number of carbonyl (C=O) groups is 1. The van der Waals surface area contributed by atoms with Crippen LogP contribution in [0.25, 0.3) is 16.9 Å². The number of benzene rings is 3. The molecule has 3 aromatic carbocycles. The van der Waals surface area contributed by atoms with Crippen LogP contribution in [-0.2, 0) is 62.0 Å². The molecule has 0 bridgehead atoms. The molecule has 3 unspecified atom stereocenters. The predicted molar refractivity (Wildman–Crippen MR) is 325 cm³/mol. The largest absolute Gasteiger partial charge is 0.490 e. The van der Waals surface area contributed by atoms with Gasteiger partial charge in [0, 0.05) is 71.7 Å². The number of aliphatic hydroxyl groups excluding tert-OH is 2. The van der Waals surface area contributed by atoms with E-state index >= 15 is 0 Å². The van der Waals surface area contributed by atoms with Crippen LogP contribution in [0.2, 0.25) is 0 Å². The number of aromatic nitrogens is 2. The number of hydrogen-bond donors (Lipinski definition) is 10. The second-order valence-corrected chi connectivity index (χ2v) is 29.1. The summed E-state index contributed by atoms with van der Waals surface area (Å²) in [5.74, 6) is 5.15. The Morgan fingerprint density at radius 3 is 2.33 bits per heavy atom. The van der Waals surface area contributed by atoms with Gasteiger partial charge in [0.05, 0.1) is 40.3 Å². The van der Waals surface area contributed by atoms with Gasteiger partial charge in [0.15, 0.2) is 11.9 Å². The maximum Gasteiger partial charge on any atom is 0.490 e. The molecule has 1 fully saturated rings. The smallest absolute Gasteiger partial charge is 0.456 e. The number of nitrogen functional groups attached to an aromatic ring is 1. The Balaban J connectivity index is 1.00. The van der Waals surface area contributed by atoms with Crippen molar-refractivity contribution in [3.05, 3.63) is 148 Å². The van der Waals surface area contributed by atoms with Crippen molar-refractivity contribution in [3.8, 4) is 17.6 Å². The van der Waals surface area contributed by atoms with Crippen LogP contribution in [-0.4, -0.2) is 137 Å². The van der Waals surface area contributed by atoms with Crippen LogP contribution in [0.5, 0.6) is 5.75 Å². The molecule has 0 aliphatic carbocycles. The topological polar surface area (TPSA) is 424 Å². The third-order valence-corrected chi connectivity index (χ3v) is 20.4. The number of ether oxygens (including phenoxy) is 2. The number of phosphoric ester groups is 1. The number of carbonyl (C=O) groups excluding carboxylic acids is 1. The van der Waals surface area contributed by atoms with Gasteiger partial charge >= 0.3 is 29.2 Å². The van der Waals surface area contributed by atoms with Crippen molar-refractivity contribution in [2.75, 3.05) is 42.6 Å². The van der Waals surface area contributed by atoms with E-state index in [1.165, 1.54) is 18.2 Å². The molecule has 4 aromatic rings. The van der Waals surface area contributed by atoms with Gasteiger partial charge in [-0.05, 0) is 82.9 Å². The van der Waals surface area contributed by atoms with Gasteiger partial charge in [-0.1, -0.05) is 72.6 Å². The molecule has 28 nitrogen and oxygen atoms in total. The molecule has 5 heterocycles. The quantitative estimate of drug-likeness (QED) is 0.0141. The molecule has 1 aromatic heterocycles. The summed E-state index contributed by atoms with van der Waals surface area (Å²) in [6, 6.07) is 18.0. The number of fused-ring (bicyclic) bond motifs is 3. The van der Waals surface area contributed by atoms with E-state index in [0.717, 1.165) is 46.3 Å². The third kappa shape index (κ3) is 16.5. The highest BCUT2D eigenvalue weighted by atomic mass is 32.2. The van der Waals surface area contributed by atoms with E-state index < -0.39 is 108 Å². The molecule has 0 radical (unpaired) electrons. The van der Waals surface area contributed by atoms with Gasteiger partial charge in [-0.2, -0.15) is 35.0 Å². The molecule has 33 heteroatoms. The number of likely N-dealkylation sites (N-methyl/N-ethyl adjacent to an activating group) is 1. The fourth-order valence-corrected chi connectivity index (χ4v) is 15.0. The molecule has 1 amide bonds. The van der Waals surface area contributed by atoms with Crippen LogP contribution in [0.15, 0.2) is 119 Å². The highest BCUT2D eigenvalue weighted by Crippen LogP contribution is 2.66. The van der Waals surface area contributed by atoms with Crippen molar-refractivity contribution in [1.82, 2.24) is 14.9 Å². The van der Waals surface area contributed by atoms with Crippen LogP contribution >= 0.6 is 23.5 Å². The molecule has 89 heavy (non-hydrogen) atoms. The first kappa shape index (κ1) is 68.4. The number of rotatable bonds is 23. The lowest BCUT2D eigenvalue weighted by atomic mass is 9.75. The lowest BCUT2D eigenvalue weighted by molar-refractivity contribution is -0.437. The molecule has 7 atom stereocenters. The minimum atomic E-state index is -5.89. The zero-order valence-electron chi connectivity index (χ0n) is 48.4. The number of anilines is 2. The average molecular weight is 1330 g/mol. The summed E-state index contributed by atoms with van der Waals surface area (Å²) < 4.78 is 130. The third-order valence-electron chi connectivity index (χ3n) is 14.9. The summed E-state index contributed by atoms with van der Waals surface area (Å²) in [6.45, 7) is 9.72. The van der Waals surface area contributed by atoms with Gasteiger partial charge in [0.1, 0.15) is 42.2 Å². The highest BCUT2D eigenvalue weighted by molar-refractivity contribution is 7.86. The van der Waals surface area contributed by atoms with Crippen molar-refractivity contribution in [2.24, 2.45) is 0 Å². The summed E-state index contributed by atoms with van der Waals surface area (Å²) in [5.41, 5.74) is 10.7. The van der Waals surface area contributed by atoms with Crippen LogP contribution < -0.4 is 26.4 Å². The summed E-state index contributed by atoms with van der Waals surface area (Å²) in [5, 5.41) is 24.0. The van der Waals surface area contributed by atoms with Gasteiger partial charge in [-0.25, -0.2) is 18.5 Å². The van der Waals surface area contributed by atoms with Crippen molar-refractivity contribution >= 4 is 89.4 Å². The Kier molecular flexibility index (Phi) is 20.5. The van der Waals surface area contributed by atoms with E-state index in [2.05, 4.69) is 86.1 Å². The first-order valence-electron chi connectivity index (χ1n) is 27.3. The number of nitrogens with one attached hydrogen (secondary N) is 1. The standard InChI is InChI=1S/C56H65N6O22P3S2/c1-6-62-44-31-46-41(30-40(44)35(2)32-55(62,3)4)37(28-45(81-46)36-16-9-7-10-17-36)18-11-8-12-20-48-56(5,42-29-39(89(77,78)79)22-23-43(42)60(48)26-15-27-88(74,75)76)24-13-21-49(63)58-25-14-19-38-33-61(54(66)59-52(38)57)53-51(65)50(64)47(82-53)34-80-86(70,71)84-87(72,73)83-85(67,68)69/h7-12,16-18,20,22-23,28-33,47,50-51,53,64-65H,6,13,15,21,24-27,34H2,1-5H3,(H8-,57,58,59,63,66,67,68,69,70,71,72,73,74,75,76,77,78,79)/p+1/t47-,50-,51-,53-,56?/m1/s1. The first-order chi connectivity index (χ1) is 41.5. The summed E-state index contributed by atoms with van der Waals surface area (Å²) in [7, 11) is -26.4. The minimum Gasteiger partial charge on any atom is -0.456 e. The zero-order valence-corrected chi connectivity index (χ0v) is 52.7. The maximum atomic E-state index is 13.4. The van der Waals surface area contributed by atoms with Crippen LogP contribution in [0.3, 0.4) is 0 Å². The van der Waals surface area contributed by atoms with Crippen molar-refractivity contribution in [2.45, 2.75) is 101 Å². The number of hydrogen-bond acceptors (Lipinski definition) is 19. The number of nitrogens with two attached hydrogens (primary N) is 1. The zero-order chi connectivity index (χ0) is 65.2. The van der Waals surface area contributed by atoms with E-state index in [-0.39, 0.29) is 49.9 Å². The van der Waals surface area contributed by atoms with E-state index in [4.69, 9.17) is 25.0 Å². The Bertz CT molecular complexity index is 4170. The molecule has 1 saturated heterocycles. The SMILES string of the molecule is CCN1c2cc3c(cc2C(C)=CC1(C)C)C(=CC=CC=CC1=[N+](CCCS(=O)(=O)O)c2ccc(S(=O)(=O)O)cc2C1(C)CCCC(=O)NCC#Cc1cn([C@@H]2O[C@H](COP(=O)(O)OP(=O)(O)OP(=O)(O)O)[C@@H](O)[C@H]2O)c(=O)nc1N)C=C(c1ccccc1)O3. The molecule has 4 aliphatic rings. The molecule has 8 rings (SSSR count). The Morgan fingerprint density at radius 1 is 0.933 bits per heavy atom. The Hall–Kier alpha value is -6.55. The highest BCUT2D eigenvalue weighted by Gasteiger charge is 2.49. The Morgan fingerprint density at radius 2 is 1.65 bits per heavy atom. The minimum absolute atomic E-state index is 0.0456. The van der Waals surface area contributed by atoms with E-state index in [1.54, 1.807) is 22.8 Å². The van der Waals surface area contributed by atoms with E-state index in [1.807, 2.05) is 55.5 Å². The predicted octanol–water partition coefficient (Wildman–Crippen LogP) is 5.66. The summed E-state index contributed by atoms with van der Waals surface area (Å²) >= 11 is 0. The average Bonchev–Trinajstić information content (AvgIpc) is 1.73. The molecule has 478 valence electrons. The van der Waals surface area contributed by atoms with Gasteiger partial charge < -0.3 is 55.2 Å². The van der Waals surface area contributed by atoms with Gasteiger partial charge in [0.25, 0.3) is 20.2 Å².